The van der Waals surface area contributed by atoms with E-state index in [1.54, 1.807) is 15.4 Å². The summed E-state index contributed by atoms with van der Waals surface area (Å²) in [5.41, 5.74) is 1.17. The van der Waals surface area contributed by atoms with Crippen LogP contribution >= 0.6 is 0 Å². The fraction of sp³-hybridized carbons (Fsp3) is 0.474. The van der Waals surface area contributed by atoms with Crippen LogP contribution in [0.3, 0.4) is 0 Å². The van der Waals surface area contributed by atoms with Crippen LogP contribution in [-0.4, -0.2) is 30.3 Å². The molecule has 1 saturated carbocycles. The summed E-state index contributed by atoms with van der Waals surface area (Å²) in [4.78, 5) is 17.0. The molecule has 1 aliphatic carbocycles. The zero-order chi connectivity index (χ0) is 19.7. The van der Waals surface area contributed by atoms with Crippen molar-refractivity contribution in [3.8, 4) is 0 Å². The number of carbonyl (C=O) groups excluding carboxylic acids is 1. The molecule has 0 atom stereocenters. The van der Waals surface area contributed by atoms with Crippen LogP contribution in [0, 0.1) is 0 Å². The highest BCUT2D eigenvalue weighted by molar-refractivity contribution is 6.08. The van der Waals surface area contributed by atoms with E-state index in [-0.39, 0.29) is 17.3 Å². The maximum atomic E-state index is 13.5. The molecule has 0 bridgehead atoms. The van der Waals surface area contributed by atoms with Gasteiger partial charge in [-0.1, -0.05) is 26.2 Å². The normalized spacial score (nSPS) is 15.4. The molecule has 3 heterocycles. The van der Waals surface area contributed by atoms with E-state index in [1.807, 2.05) is 13.0 Å². The molecule has 1 fully saturated rings. The fourth-order valence-electron chi connectivity index (χ4n) is 3.75. The Morgan fingerprint density at radius 2 is 2.11 bits per heavy atom. The van der Waals surface area contributed by atoms with Crippen LogP contribution in [0.4, 0.5) is 14.5 Å². The Balaban J connectivity index is 1.63. The standard InChI is InChI=1S/C19H22F2N6O/c1-2-12-8-9-22-18-14(10-23-27(12)18)19(28)24-15-11-26(25-16(15)17(20)21)13-6-4-3-5-7-13/h8-11,13,17H,2-7H2,1H3,(H,24,28). The summed E-state index contributed by atoms with van der Waals surface area (Å²) in [5, 5.41) is 10.9. The van der Waals surface area contributed by atoms with Gasteiger partial charge in [0.15, 0.2) is 11.3 Å². The second-order valence-electron chi connectivity index (χ2n) is 7.04. The van der Waals surface area contributed by atoms with E-state index in [4.69, 9.17) is 0 Å². The maximum Gasteiger partial charge on any atom is 0.284 e. The highest BCUT2D eigenvalue weighted by Gasteiger charge is 2.25. The number of fused-ring (bicyclic) bond motifs is 1. The van der Waals surface area contributed by atoms with Gasteiger partial charge in [0, 0.05) is 18.1 Å². The molecule has 3 aromatic rings. The van der Waals surface area contributed by atoms with E-state index in [2.05, 4.69) is 20.5 Å². The van der Waals surface area contributed by atoms with Gasteiger partial charge in [-0.3, -0.25) is 9.48 Å². The number of rotatable bonds is 5. The zero-order valence-corrected chi connectivity index (χ0v) is 15.6. The number of halogens is 2. The second-order valence-corrected chi connectivity index (χ2v) is 7.04. The molecule has 7 nitrogen and oxygen atoms in total. The minimum absolute atomic E-state index is 0.0385. The van der Waals surface area contributed by atoms with Crippen molar-refractivity contribution in [2.45, 2.75) is 57.9 Å². The Kier molecular flexibility index (Phi) is 5.06. The van der Waals surface area contributed by atoms with Crippen LogP contribution in [0.5, 0.6) is 0 Å². The van der Waals surface area contributed by atoms with Crippen molar-refractivity contribution in [2.24, 2.45) is 0 Å². The fourth-order valence-corrected chi connectivity index (χ4v) is 3.75. The first kappa shape index (κ1) is 18.5. The monoisotopic (exact) mass is 388 g/mol. The molecule has 1 amide bonds. The largest absolute Gasteiger partial charge is 0.319 e. The predicted molar refractivity (Wildman–Crippen MR) is 99.6 cm³/mol. The second kappa shape index (κ2) is 7.65. The Bertz CT molecular complexity index is 990. The number of anilines is 1. The summed E-state index contributed by atoms with van der Waals surface area (Å²) in [5.74, 6) is -0.527. The Morgan fingerprint density at radius 3 is 2.82 bits per heavy atom. The van der Waals surface area contributed by atoms with Crippen LogP contribution in [0.1, 0.15) is 73.2 Å². The van der Waals surface area contributed by atoms with Gasteiger partial charge in [0.25, 0.3) is 12.3 Å². The molecule has 148 valence electrons. The summed E-state index contributed by atoms with van der Waals surface area (Å²) in [7, 11) is 0. The molecule has 0 unspecified atom stereocenters. The Labute approximate surface area is 160 Å². The molecule has 0 aliphatic heterocycles. The first-order valence-electron chi connectivity index (χ1n) is 9.58. The van der Waals surface area contributed by atoms with Gasteiger partial charge in [0.05, 0.1) is 17.9 Å². The Morgan fingerprint density at radius 1 is 1.32 bits per heavy atom. The number of amides is 1. The van der Waals surface area contributed by atoms with Gasteiger partial charge in [-0.25, -0.2) is 18.3 Å². The van der Waals surface area contributed by atoms with Gasteiger partial charge in [-0.2, -0.15) is 10.2 Å². The lowest BCUT2D eigenvalue weighted by Gasteiger charge is -2.21. The van der Waals surface area contributed by atoms with Crippen LogP contribution in [0.2, 0.25) is 0 Å². The molecule has 0 aromatic carbocycles. The van der Waals surface area contributed by atoms with Crippen molar-refractivity contribution in [3.05, 3.63) is 41.6 Å². The topological polar surface area (TPSA) is 77.1 Å². The lowest BCUT2D eigenvalue weighted by atomic mass is 9.96. The van der Waals surface area contributed by atoms with Crippen molar-refractivity contribution < 1.29 is 13.6 Å². The number of aromatic nitrogens is 5. The summed E-state index contributed by atoms with van der Waals surface area (Å²) >= 11 is 0. The third-order valence-corrected chi connectivity index (χ3v) is 5.25. The van der Waals surface area contributed by atoms with Gasteiger partial charge >= 0.3 is 0 Å². The summed E-state index contributed by atoms with van der Waals surface area (Å²) in [6, 6.07) is 1.92. The summed E-state index contributed by atoms with van der Waals surface area (Å²) in [6.07, 6.45) is 7.60. The van der Waals surface area contributed by atoms with Gasteiger partial charge in [-0.15, -0.1) is 0 Å². The minimum atomic E-state index is -2.77. The third kappa shape index (κ3) is 3.36. The van der Waals surface area contributed by atoms with Gasteiger partial charge in [-0.05, 0) is 25.3 Å². The molecule has 4 rings (SSSR count). The van der Waals surface area contributed by atoms with Crippen LogP contribution in [-0.2, 0) is 6.42 Å². The molecule has 28 heavy (non-hydrogen) atoms. The summed E-state index contributed by atoms with van der Waals surface area (Å²) < 4.78 is 30.2. The number of hydrogen-bond donors (Lipinski definition) is 1. The molecule has 9 heteroatoms. The molecular formula is C19H22F2N6O. The number of aryl methyl sites for hydroxylation is 1. The Hall–Kier alpha value is -2.84. The third-order valence-electron chi connectivity index (χ3n) is 5.25. The van der Waals surface area contributed by atoms with Crippen LogP contribution < -0.4 is 5.32 Å². The number of hydrogen-bond acceptors (Lipinski definition) is 4. The lowest BCUT2D eigenvalue weighted by Crippen LogP contribution is -2.14. The van der Waals surface area contributed by atoms with Crippen molar-refractivity contribution in [1.29, 1.82) is 0 Å². The van der Waals surface area contributed by atoms with Crippen LogP contribution in [0.25, 0.3) is 5.65 Å². The van der Waals surface area contributed by atoms with E-state index in [1.165, 1.54) is 12.4 Å². The minimum Gasteiger partial charge on any atom is -0.319 e. The molecule has 1 aliphatic rings. The molecule has 3 aromatic heterocycles. The average molecular weight is 388 g/mol. The van der Waals surface area contributed by atoms with Crippen LogP contribution in [0.15, 0.2) is 24.7 Å². The molecule has 0 spiro atoms. The molecule has 1 N–H and O–H groups in total. The predicted octanol–water partition coefficient (Wildman–Crippen LogP) is 4.18. The number of carbonyl (C=O) groups is 1. The van der Waals surface area contributed by atoms with Crippen molar-refractivity contribution >= 4 is 17.2 Å². The smallest absolute Gasteiger partial charge is 0.284 e. The maximum absolute atomic E-state index is 13.5. The average Bonchev–Trinajstić information content (AvgIpc) is 3.33. The van der Waals surface area contributed by atoms with E-state index >= 15 is 0 Å². The van der Waals surface area contributed by atoms with Gasteiger partial charge < -0.3 is 5.32 Å². The van der Waals surface area contributed by atoms with E-state index in [0.717, 1.165) is 44.2 Å². The van der Waals surface area contributed by atoms with Crippen molar-refractivity contribution in [2.75, 3.05) is 5.32 Å². The SMILES string of the molecule is CCc1ccnc2c(C(=O)Nc3cn(C4CCCCC4)nc3C(F)F)cnn12. The van der Waals surface area contributed by atoms with E-state index in [0.29, 0.717) is 5.65 Å². The number of nitrogens with one attached hydrogen (secondary N) is 1. The van der Waals surface area contributed by atoms with E-state index in [9.17, 15) is 13.6 Å². The van der Waals surface area contributed by atoms with Gasteiger partial charge in [0.2, 0.25) is 0 Å². The molecular weight excluding hydrogens is 366 g/mol. The molecule has 0 radical (unpaired) electrons. The number of alkyl halides is 2. The van der Waals surface area contributed by atoms with E-state index < -0.39 is 18.0 Å². The van der Waals surface area contributed by atoms with Crippen molar-refractivity contribution in [3.63, 3.8) is 0 Å². The zero-order valence-electron chi connectivity index (χ0n) is 15.6. The first-order chi connectivity index (χ1) is 13.6. The summed E-state index contributed by atoms with van der Waals surface area (Å²) in [6.45, 7) is 1.98. The van der Waals surface area contributed by atoms with Crippen molar-refractivity contribution in [1.82, 2.24) is 24.4 Å². The highest BCUT2D eigenvalue weighted by Crippen LogP contribution is 2.32. The lowest BCUT2D eigenvalue weighted by molar-refractivity contribution is 0.102. The quantitative estimate of drug-likeness (QED) is 0.711. The highest BCUT2D eigenvalue weighted by atomic mass is 19.3. The number of nitrogens with zero attached hydrogens (tertiary/aromatic N) is 5. The first-order valence-corrected chi connectivity index (χ1v) is 9.58. The van der Waals surface area contributed by atoms with Gasteiger partial charge in [0.1, 0.15) is 5.56 Å². The molecule has 0 saturated heterocycles.